The maximum Gasteiger partial charge on any atom is 0.249 e. The van der Waals surface area contributed by atoms with Gasteiger partial charge in [-0.15, -0.1) is 0 Å². The topological polar surface area (TPSA) is 87.4 Å². The molecule has 0 radical (unpaired) electrons. The molecule has 1 aliphatic carbocycles. The second kappa shape index (κ2) is 5.91. The fraction of sp³-hybridized carbons (Fsp3) is 0.389. The lowest BCUT2D eigenvalue weighted by molar-refractivity contribution is -0.120. The number of carbonyl (C=O) groups excluding carboxylic acids is 1. The Hall–Kier alpha value is -2.83. The van der Waals surface area contributed by atoms with E-state index in [0.717, 1.165) is 23.6 Å². The molecule has 0 spiro atoms. The van der Waals surface area contributed by atoms with Gasteiger partial charge in [0.15, 0.2) is 5.82 Å². The number of aromatic nitrogens is 2. The van der Waals surface area contributed by atoms with Gasteiger partial charge in [0.2, 0.25) is 11.9 Å². The zero-order valence-electron chi connectivity index (χ0n) is 14.4. The first-order valence-corrected chi connectivity index (χ1v) is 8.53. The van der Waals surface area contributed by atoms with E-state index in [9.17, 15) is 4.79 Å². The molecule has 130 valence electrons. The second-order valence-corrected chi connectivity index (χ2v) is 6.85. The molecule has 2 aromatic rings. The van der Waals surface area contributed by atoms with Gasteiger partial charge in [0.1, 0.15) is 11.7 Å². The summed E-state index contributed by atoms with van der Waals surface area (Å²) in [5, 5.41) is 3.19. The third-order valence-corrected chi connectivity index (χ3v) is 4.95. The minimum atomic E-state index is -0.149. The molecule has 1 atom stereocenters. The van der Waals surface area contributed by atoms with Crippen LogP contribution in [0.2, 0.25) is 0 Å². The molecule has 4 rings (SSSR count). The highest BCUT2D eigenvalue weighted by atomic mass is 16.2. The van der Waals surface area contributed by atoms with Crippen molar-refractivity contribution in [3.63, 3.8) is 0 Å². The first-order valence-electron chi connectivity index (χ1n) is 8.53. The lowest BCUT2D eigenvalue weighted by Crippen LogP contribution is -2.51. The van der Waals surface area contributed by atoms with Gasteiger partial charge in [-0.25, -0.2) is 4.98 Å². The summed E-state index contributed by atoms with van der Waals surface area (Å²) in [6, 6.07) is 7.26. The Balaban J connectivity index is 1.62. The van der Waals surface area contributed by atoms with Gasteiger partial charge in [0.05, 0.1) is 6.20 Å². The highest BCUT2D eigenvalue weighted by molar-refractivity contribution is 6.04. The number of rotatable bonds is 4. The standard InChI is InChI=1S/C18H22N6O/c1-23-14(9-11-3-4-11)17(25)24(2)15-10-20-18(22-16(15)23)21-13-7-5-12(19)6-8-13/h5-8,10-11,14H,3-4,9,19H2,1-2H3,(H,20,21,22). The first-order chi connectivity index (χ1) is 12.0. The highest BCUT2D eigenvalue weighted by Gasteiger charge is 2.39. The molecule has 7 nitrogen and oxygen atoms in total. The number of nitrogens with one attached hydrogen (secondary N) is 1. The zero-order valence-corrected chi connectivity index (χ0v) is 14.4. The fourth-order valence-corrected chi connectivity index (χ4v) is 3.20. The number of hydrogen-bond acceptors (Lipinski definition) is 6. The highest BCUT2D eigenvalue weighted by Crippen LogP contribution is 2.40. The smallest absolute Gasteiger partial charge is 0.249 e. The Morgan fingerprint density at radius 1 is 1.24 bits per heavy atom. The normalized spacial score (nSPS) is 19.8. The van der Waals surface area contributed by atoms with E-state index in [-0.39, 0.29) is 11.9 Å². The van der Waals surface area contributed by atoms with Crippen LogP contribution in [0.3, 0.4) is 0 Å². The Bertz CT molecular complexity index is 802. The van der Waals surface area contributed by atoms with Gasteiger partial charge in [-0.1, -0.05) is 12.8 Å². The zero-order chi connectivity index (χ0) is 17.6. The van der Waals surface area contributed by atoms with E-state index in [2.05, 4.69) is 15.3 Å². The summed E-state index contributed by atoms with van der Waals surface area (Å²) in [5.74, 6) is 2.06. The van der Waals surface area contributed by atoms with E-state index in [1.807, 2.05) is 36.2 Å². The summed E-state index contributed by atoms with van der Waals surface area (Å²) in [6.07, 6.45) is 5.04. The summed E-state index contributed by atoms with van der Waals surface area (Å²) in [5.41, 5.74) is 8.03. The van der Waals surface area contributed by atoms with Crippen molar-refractivity contribution >= 4 is 34.7 Å². The van der Waals surface area contributed by atoms with E-state index in [1.54, 1.807) is 18.1 Å². The average molecular weight is 338 g/mol. The Morgan fingerprint density at radius 2 is 1.96 bits per heavy atom. The molecule has 25 heavy (non-hydrogen) atoms. The van der Waals surface area contributed by atoms with Crippen LogP contribution < -0.4 is 20.9 Å². The quantitative estimate of drug-likeness (QED) is 0.832. The van der Waals surface area contributed by atoms with Crippen LogP contribution in [-0.4, -0.2) is 36.0 Å². The molecular weight excluding hydrogens is 316 g/mol. The minimum absolute atomic E-state index is 0.116. The van der Waals surface area contributed by atoms with Crippen molar-refractivity contribution in [2.24, 2.45) is 5.92 Å². The Morgan fingerprint density at radius 3 is 2.64 bits per heavy atom. The molecular formula is C18H22N6O. The Labute approximate surface area is 146 Å². The first kappa shape index (κ1) is 15.7. The molecule has 2 aliphatic rings. The number of fused-ring (bicyclic) bond motifs is 1. The molecule has 1 saturated carbocycles. The van der Waals surface area contributed by atoms with Crippen LogP contribution in [-0.2, 0) is 4.79 Å². The maximum atomic E-state index is 12.7. The van der Waals surface area contributed by atoms with Gasteiger partial charge in [0.25, 0.3) is 0 Å². The molecule has 2 heterocycles. The van der Waals surface area contributed by atoms with Crippen LogP contribution in [0.4, 0.5) is 28.8 Å². The van der Waals surface area contributed by atoms with Crippen molar-refractivity contribution < 1.29 is 4.79 Å². The maximum absolute atomic E-state index is 12.7. The number of carbonyl (C=O) groups is 1. The monoisotopic (exact) mass is 338 g/mol. The summed E-state index contributed by atoms with van der Waals surface area (Å²) in [7, 11) is 3.74. The van der Waals surface area contributed by atoms with Crippen molar-refractivity contribution in [1.29, 1.82) is 0 Å². The lowest BCUT2D eigenvalue weighted by Gasteiger charge is -2.38. The average Bonchev–Trinajstić information content (AvgIpc) is 3.43. The fourth-order valence-electron chi connectivity index (χ4n) is 3.20. The summed E-state index contributed by atoms with van der Waals surface area (Å²) >= 11 is 0. The number of benzene rings is 1. The predicted molar refractivity (Wildman–Crippen MR) is 99.1 cm³/mol. The third kappa shape index (κ3) is 2.97. The van der Waals surface area contributed by atoms with Crippen LogP contribution in [0.5, 0.6) is 0 Å². The SMILES string of the molecule is CN1C(=O)C(CC2CC2)N(C)c2nc(Nc3ccc(N)cc3)ncc21. The van der Waals surface area contributed by atoms with Crippen LogP contribution in [0.1, 0.15) is 19.3 Å². The third-order valence-electron chi connectivity index (χ3n) is 4.95. The van der Waals surface area contributed by atoms with Crippen molar-refractivity contribution in [1.82, 2.24) is 9.97 Å². The van der Waals surface area contributed by atoms with E-state index >= 15 is 0 Å². The van der Waals surface area contributed by atoms with E-state index in [1.165, 1.54) is 12.8 Å². The van der Waals surface area contributed by atoms with Gasteiger partial charge in [-0.2, -0.15) is 4.98 Å². The number of amides is 1. The lowest BCUT2D eigenvalue weighted by atomic mass is 10.0. The minimum Gasteiger partial charge on any atom is -0.399 e. The summed E-state index contributed by atoms with van der Waals surface area (Å²) < 4.78 is 0. The van der Waals surface area contributed by atoms with Gasteiger partial charge >= 0.3 is 0 Å². The van der Waals surface area contributed by atoms with Crippen molar-refractivity contribution in [2.75, 3.05) is 34.9 Å². The molecule has 1 aliphatic heterocycles. The van der Waals surface area contributed by atoms with Crippen LogP contribution >= 0.6 is 0 Å². The summed E-state index contributed by atoms with van der Waals surface area (Å²) in [4.78, 5) is 25.3. The number of nitrogens with zero attached hydrogens (tertiary/aromatic N) is 4. The van der Waals surface area contributed by atoms with Crippen LogP contribution in [0.15, 0.2) is 30.5 Å². The van der Waals surface area contributed by atoms with Gasteiger partial charge in [0, 0.05) is 25.5 Å². The van der Waals surface area contributed by atoms with Crippen molar-refractivity contribution in [3.05, 3.63) is 30.5 Å². The number of nitrogen functional groups attached to an aromatic ring is 1. The van der Waals surface area contributed by atoms with E-state index in [4.69, 9.17) is 5.73 Å². The number of likely N-dealkylation sites (N-methyl/N-ethyl adjacent to an activating group) is 2. The van der Waals surface area contributed by atoms with Gasteiger partial charge < -0.3 is 20.9 Å². The predicted octanol–water partition coefficient (Wildman–Crippen LogP) is 2.38. The molecule has 0 saturated heterocycles. The van der Waals surface area contributed by atoms with E-state index in [0.29, 0.717) is 17.6 Å². The molecule has 1 unspecified atom stereocenters. The molecule has 3 N–H and O–H groups in total. The van der Waals surface area contributed by atoms with Crippen LogP contribution in [0.25, 0.3) is 0 Å². The molecule has 1 aromatic heterocycles. The largest absolute Gasteiger partial charge is 0.399 e. The van der Waals surface area contributed by atoms with E-state index < -0.39 is 0 Å². The van der Waals surface area contributed by atoms with Crippen molar-refractivity contribution in [2.45, 2.75) is 25.3 Å². The number of hydrogen-bond donors (Lipinski definition) is 2. The van der Waals surface area contributed by atoms with Crippen LogP contribution in [0, 0.1) is 5.92 Å². The molecule has 1 aromatic carbocycles. The molecule has 1 amide bonds. The van der Waals surface area contributed by atoms with Gasteiger partial charge in [-0.3, -0.25) is 4.79 Å². The Kier molecular flexibility index (Phi) is 3.71. The molecule has 0 bridgehead atoms. The number of anilines is 5. The number of nitrogens with two attached hydrogens (primary N) is 1. The molecule has 7 heteroatoms. The summed E-state index contributed by atoms with van der Waals surface area (Å²) in [6.45, 7) is 0. The molecule has 1 fully saturated rings. The van der Waals surface area contributed by atoms with Crippen molar-refractivity contribution in [3.8, 4) is 0 Å². The second-order valence-electron chi connectivity index (χ2n) is 6.85. The van der Waals surface area contributed by atoms with Gasteiger partial charge in [-0.05, 0) is 36.6 Å².